The summed E-state index contributed by atoms with van der Waals surface area (Å²) in [5.74, 6) is 0.137. The molecule has 148 valence electrons. The van der Waals surface area contributed by atoms with Gasteiger partial charge in [0, 0.05) is 6.54 Å². The molecule has 1 N–H and O–H groups in total. The van der Waals surface area contributed by atoms with Crippen LogP contribution in [0, 0.1) is 5.92 Å². The van der Waals surface area contributed by atoms with Crippen molar-refractivity contribution < 1.29 is 9.53 Å². The van der Waals surface area contributed by atoms with Gasteiger partial charge in [0.1, 0.15) is 6.10 Å². The van der Waals surface area contributed by atoms with Gasteiger partial charge >= 0.3 is 5.97 Å². The van der Waals surface area contributed by atoms with Crippen LogP contribution in [0.3, 0.4) is 0 Å². The Bertz CT molecular complexity index is 313. The molecule has 0 aliphatic carbocycles. The SMILES string of the molecule is CCCCCCCCC(CCCCCCC)OC(=O)C1CCCNC1. The summed E-state index contributed by atoms with van der Waals surface area (Å²) in [6.07, 6.45) is 18.6. The summed E-state index contributed by atoms with van der Waals surface area (Å²) in [5.41, 5.74) is 0. The zero-order valence-electron chi connectivity index (χ0n) is 17.0. The summed E-state index contributed by atoms with van der Waals surface area (Å²) >= 11 is 0. The summed E-state index contributed by atoms with van der Waals surface area (Å²) < 4.78 is 5.95. The minimum absolute atomic E-state index is 0.0525. The summed E-state index contributed by atoms with van der Waals surface area (Å²) in [7, 11) is 0. The Hall–Kier alpha value is -0.570. The van der Waals surface area contributed by atoms with Crippen molar-refractivity contribution >= 4 is 5.97 Å². The molecule has 2 unspecified atom stereocenters. The first-order chi connectivity index (χ1) is 12.3. The average Bonchev–Trinajstić information content (AvgIpc) is 2.64. The molecule has 3 nitrogen and oxygen atoms in total. The normalized spacial score (nSPS) is 18.9. The molecule has 1 aliphatic rings. The molecule has 3 heteroatoms. The number of unbranched alkanes of at least 4 members (excludes halogenated alkanes) is 9. The Morgan fingerprint density at radius 2 is 1.48 bits per heavy atom. The van der Waals surface area contributed by atoms with Crippen LogP contribution >= 0.6 is 0 Å². The second kappa shape index (κ2) is 15.7. The van der Waals surface area contributed by atoms with Crippen molar-refractivity contribution in [2.45, 2.75) is 116 Å². The number of carbonyl (C=O) groups excluding carboxylic acids is 1. The molecule has 25 heavy (non-hydrogen) atoms. The number of carbonyl (C=O) groups is 1. The van der Waals surface area contributed by atoms with E-state index >= 15 is 0 Å². The fourth-order valence-corrected chi connectivity index (χ4v) is 3.70. The fraction of sp³-hybridized carbons (Fsp3) is 0.955. The molecule has 0 spiro atoms. The molecule has 0 bridgehead atoms. The Balaban J connectivity index is 2.28. The molecule has 1 saturated heterocycles. The monoisotopic (exact) mass is 353 g/mol. The lowest BCUT2D eigenvalue weighted by Crippen LogP contribution is -2.36. The molecular formula is C22H43NO2. The average molecular weight is 354 g/mol. The topological polar surface area (TPSA) is 38.3 Å². The highest BCUT2D eigenvalue weighted by Crippen LogP contribution is 2.20. The van der Waals surface area contributed by atoms with E-state index in [1.165, 1.54) is 70.6 Å². The predicted molar refractivity (Wildman–Crippen MR) is 107 cm³/mol. The molecule has 0 saturated carbocycles. The third kappa shape index (κ3) is 11.6. The number of ether oxygens (including phenoxy) is 1. The second-order valence-corrected chi connectivity index (χ2v) is 7.86. The quantitative estimate of drug-likeness (QED) is 0.289. The van der Waals surface area contributed by atoms with Gasteiger partial charge in [-0.25, -0.2) is 0 Å². The first-order valence-electron chi connectivity index (χ1n) is 11.2. The maximum absolute atomic E-state index is 12.5. The lowest BCUT2D eigenvalue weighted by molar-refractivity contribution is -0.155. The number of rotatable bonds is 15. The number of esters is 1. The van der Waals surface area contributed by atoms with Gasteiger partial charge in [0.25, 0.3) is 0 Å². The van der Waals surface area contributed by atoms with Crippen molar-refractivity contribution in [3.8, 4) is 0 Å². The van der Waals surface area contributed by atoms with Gasteiger partial charge in [-0.2, -0.15) is 0 Å². The van der Waals surface area contributed by atoms with Crippen LogP contribution in [0.4, 0.5) is 0 Å². The fourth-order valence-electron chi connectivity index (χ4n) is 3.70. The lowest BCUT2D eigenvalue weighted by Gasteiger charge is -2.25. The zero-order valence-corrected chi connectivity index (χ0v) is 17.0. The number of hydrogen-bond acceptors (Lipinski definition) is 3. The number of nitrogens with one attached hydrogen (secondary N) is 1. The van der Waals surface area contributed by atoms with Crippen molar-refractivity contribution in [1.82, 2.24) is 5.32 Å². The van der Waals surface area contributed by atoms with Crippen LogP contribution in [-0.2, 0) is 9.53 Å². The van der Waals surface area contributed by atoms with Crippen molar-refractivity contribution in [2.75, 3.05) is 13.1 Å². The summed E-state index contributed by atoms with van der Waals surface area (Å²) in [4.78, 5) is 12.5. The molecule has 0 aromatic heterocycles. The highest BCUT2D eigenvalue weighted by molar-refractivity contribution is 5.73. The van der Waals surface area contributed by atoms with Gasteiger partial charge in [0.15, 0.2) is 0 Å². The smallest absolute Gasteiger partial charge is 0.310 e. The molecule has 0 aromatic rings. The second-order valence-electron chi connectivity index (χ2n) is 7.86. The van der Waals surface area contributed by atoms with E-state index in [0.717, 1.165) is 38.8 Å². The molecule has 1 rings (SSSR count). The maximum Gasteiger partial charge on any atom is 0.310 e. The molecule has 1 aliphatic heterocycles. The third-order valence-electron chi connectivity index (χ3n) is 5.42. The zero-order chi connectivity index (χ0) is 18.2. The van der Waals surface area contributed by atoms with E-state index < -0.39 is 0 Å². The van der Waals surface area contributed by atoms with Gasteiger partial charge in [0.2, 0.25) is 0 Å². The first-order valence-corrected chi connectivity index (χ1v) is 11.2. The van der Waals surface area contributed by atoms with Gasteiger partial charge in [-0.3, -0.25) is 4.79 Å². The molecule has 0 aromatic carbocycles. The number of hydrogen-bond donors (Lipinski definition) is 1. The van der Waals surface area contributed by atoms with Crippen LogP contribution in [0.5, 0.6) is 0 Å². The first kappa shape index (κ1) is 22.5. The Morgan fingerprint density at radius 3 is 2.00 bits per heavy atom. The van der Waals surface area contributed by atoms with Crippen molar-refractivity contribution in [1.29, 1.82) is 0 Å². The minimum atomic E-state index is 0.0525. The maximum atomic E-state index is 12.5. The summed E-state index contributed by atoms with van der Waals surface area (Å²) in [5, 5.41) is 3.33. The molecule has 1 heterocycles. The van der Waals surface area contributed by atoms with Gasteiger partial charge in [-0.05, 0) is 45.1 Å². The highest BCUT2D eigenvalue weighted by atomic mass is 16.5. The van der Waals surface area contributed by atoms with Gasteiger partial charge < -0.3 is 10.1 Å². The van der Waals surface area contributed by atoms with E-state index in [2.05, 4.69) is 19.2 Å². The Labute approximate surface area is 156 Å². The van der Waals surface area contributed by atoms with Crippen molar-refractivity contribution in [2.24, 2.45) is 5.92 Å². The van der Waals surface area contributed by atoms with Gasteiger partial charge in [0.05, 0.1) is 5.92 Å². The van der Waals surface area contributed by atoms with Crippen LogP contribution in [0.2, 0.25) is 0 Å². The summed E-state index contributed by atoms with van der Waals surface area (Å²) in [6, 6.07) is 0. The predicted octanol–water partition coefficient (Wildman–Crippen LogP) is 6.01. The van der Waals surface area contributed by atoms with E-state index in [1.54, 1.807) is 0 Å². The largest absolute Gasteiger partial charge is 0.462 e. The Morgan fingerprint density at radius 1 is 0.920 bits per heavy atom. The lowest BCUT2D eigenvalue weighted by atomic mass is 9.99. The van der Waals surface area contributed by atoms with Gasteiger partial charge in [-0.1, -0.05) is 71.6 Å². The van der Waals surface area contributed by atoms with Crippen LogP contribution in [0.1, 0.15) is 110 Å². The molecule has 0 amide bonds. The van der Waals surface area contributed by atoms with Crippen molar-refractivity contribution in [3.63, 3.8) is 0 Å². The third-order valence-corrected chi connectivity index (χ3v) is 5.42. The highest BCUT2D eigenvalue weighted by Gasteiger charge is 2.24. The Kier molecular flexibility index (Phi) is 14.1. The van der Waals surface area contributed by atoms with E-state index in [1.807, 2.05) is 0 Å². The van der Waals surface area contributed by atoms with E-state index in [-0.39, 0.29) is 18.0 Å². The molecule has 2 atom stereocenters. The van der Waals surface area contributed by atoms with Crippen LogP contribution < -0.4 is 5.32 Å². The van der Waals surface area contributed by atoms with Crippen LogP contribution in [0.25, 0.3) is 0 Å². The van der Waals surface area contributed by atoms with Crippen molar-refractivity contribution in [3.05, 3.63) is 0 Å². The molecule has 1 fully saturated rings. The minimum Gasteiger partial charge on any atom is -0.462 e. The van der Waals surface area contributed by atoms with Gasteiger partial charge in [-0.15, -0.1) is 0 Å². The molecule has 0 radical (unpaired) electrons. The molecular weight excluding hydrogens is 310 g/mol. The van der Waals surface area contributed by atoms with E-state index in [0.29, 0.717) is 0 Å². The standard InChI is InChI=1S/C22H43NO2/c1-3-5-7-9-11-13-17-21(16-12-10-8-6-4-2)25-22(24)20-15-14-18-23-19-20/h20-21,23H,3-19H2,1-2H3. The van der Waals surface area contributed by atoms with E-state index in [4.69, 9.17) is 4.74 Å². The number of piperidine rings is 1. The van der Waals surface area contributed by atoms with Crippen LogP contribution in [0.15, 0.2) is 0 Å². The van der Waals surface area contributed by atoms with Crippen LogP contribution in [-0.4, -0.2) is 25.2 Å². The van der Waals surface area contributed by atoms with E-state index in [9.17, 15) is 4.79 Å². The summed E-state index contributed by atoms with van der Waals surface area (Å²) in [6.45, 7) is 6.36.